The summed E-state index contributed by atoms with van der Waals surface area (Å²) in [4.78, 5) is 0. The molecule has 1 aromatic heterocycles. The fourth-order valence-corrected chi connectivity index (χ4v) is 1.79. The Labute approximate surface area is 76.1 Å². The van der Waals surface area contributed by atoms with Crippen molar-refractivity contribution in [3.63, 3.8) is 0 Å². The van der Waals surface area contributed by atoms with Gasteiger partial charge in [0.25, 0.3) is 0 Å². The van der Waals surface area contributed by atoms with Crippen LogP contribution in [0.2, 0.25) is 5.02 Å². The maximum Gasteiger partial charge on any atom is 0.0840 e. The van der Waals surface area contributed by atoms with E-state index in [0.717, 1.165) is 36.8 Å². The van der Waals surface area contributed by atoms with Gasteiger partial charge in [-0.15, -0.1) is 0 Å². The maximum atomic E-state index is 5.94. The molecule has 1 N–H and O–H groups in total. The molecular weight excluding hydrogens is 176 g/mol. The zero-order valence-electron chi connectivity index (χ0n) is 6.72. The van der Waals surface area contributed by atoms with Crippen molar-refractivity contribution in [3.05, 3.63) is 16.9 Å². The summed E-state index contributed by atoms with van der Waals surface area (Å²) in [6.07, 6.45) is 3.79. The second kappa shape index (κ2) is 3.46. The first-order chi connectivity index (χ1) is 5.88. The van der Waals surface area contributed by atoms with E-state index in [0.29, 0.717) is 5.92 Å². The van der Waals surface area contributed by atoms with Gasteiger partial charge in [0.2, 0.25) is 0 Å². The first-order valence-corrected chi connectivity index (χ1v) is 4.52. The second-order valence-electron chi connectivity index (χ2n) is 3.01. The van der Waals surface area contributed by atoms with Crippen LogP contribution in [0.3, 0.4) is 0 Å². The van der Waals surface area contributed by atoms with E-state index in [1.165, 1.54) is 0 Å². The largest absolute Gasteiger partial charge is 0.381 e. The highest BCUT2D eigenvalue weighted by atomic mass is 35.5. The molecule has 3 nitrogen and oxygen atoms in total. The summed E-state index contributed by atoms with van der Waals surface area (Å²) in [6, 6.07) is 0. The molecule has 1 aliphatic heterocycles. The fraction of sp³-hybridized carbons (Fsp3) is 0.625. The SMILES string of the molecule is Clc1c[nH]nc1C1CCOCC1. The van der Waals surface area contributed by atoms with E-state index in [1.807, 2.05) is 0 Å². The van der Waals surface area contributed by atoms with Crippen LogP contribution in [0, 0.1) is 0 Å². The van der Waals surface area contributed by atoms with Crippen LogP contribution in [0.1, 0.15) is 24.5 Å². The average molecular weight is 187 g/mol. The minimum absolute atomic E-state index is 0.484. The fourth-order valence-electron chi connectivity index (χ4n) is 1.54. The first-order valence-electron chi connectivity index (χ1n) is 4.15. The van der Waals surface area contributed by atoms with E-state index < -0.39 is 0 Å². The summed E-state index contributed by atoms with van der Waals surface area (Å²) in [5.74, 6) is 0.484. The van der Waals surface area contributed by atoms with Crippen molar-refractivity contribution in [1.29, 1.82) is 0 Å². The molecule has 0 aliphatic carbocycles. The van der Waals surface area contributed by atoms with Crippen LogP contribution in [0.25, 0.3) is 0 Å². The number of nitrogens with zero attached hydrogens (tertiary/aromatic N) is 1. The van der Waals surface area contributed by atoms with Gasteiger partial charge in [-0.05, 0) is 12.8 Å². The third-order valence-corrected chi connectivity index (χ3v) is 2.53. The summed E-state index contributed by atoms with van der Waals surface area (Å²) in [5, 5.41) is 7.65. The molecule has 0 amide bonds. The van der Waals surface area contributed by atoms with Crippen LogP contribution in [0.15, 0.2) is 6.20 Å². The monoisotopic (exact) mass is 186 g/mol. The molecule has 1 aromatic rings. The zero-order chi connectivity index (χ0) is 8.39. The van der Waals surface area contributed by atoms with E-state index in [9.17, 15) is 0 Å². The summed E-state index contributed by atoms with van der Waals surface area (Å²) >= 11 is 5.94. The molecule has 0 saturated carbocycles. The van der Waals surface area contributed by atoms with Crippen LogP contribution >= 0.6 is 11.6 Å². The van der Waals surface area contributed by atoms with Crippen molar-refractivity contribution < 1.29 is 4.74 Å². The molecule has 2 heterocycles. The lowest BCUT2D eigenvalue weighted by atomic mass is 9.97. The van der Waals surface area contributed by atoms with Crippen LogP contribution in [0.5, 0.6) is 0 Å². The van der Waals surface area contributed by atoms with Gasteiger partial charge in [-0.3, -0.25) is 5.10 Å². The Balaban J connectivity index is 2.13. The molecule has 0 spiro atoms. The summed E-state index contributed by atoms with van der Waals surface area (Å²) < 4.78 is 5.26. The van der Waals surface area contributed by atoms with E-state index in [-0.39, 0.29) is 0 Å². The molecule has 66 valence electrons. The molecule has 0 aromatic carbocycles. The number of halogens is 1. The molecule has 1 aliphatic rings. The molecule has 0 atom stereocenters. The van der Waals surface area contributed by atoms with Crippen molar-refractivity contribution in [1.82, 2.24) is 10.2 Å². The van der Waals surface area contributed by atoms with Crippen molar-refractivity contribution >= 4 is 11.6 Å². The number of hydrogen-bond donors (Lipinski definition) is 1. The Bertz CT molecular complexity index is 255. The Morgan fingerprint density at radius 1 is 1.50 bits per heavy atom. The zero-order valence-corrected chi connectivity index (χ0v) is 7.47. The number of ether oxygens (including phenoxy) is 1. The Hall–Kier alpha value is -0.540. The summed E-state index contributed by atoms with van der Waals surface area (Å²) in [7, 11) is 0. The predicted molar refractivity (Wildman–Crippen MR) is 46.4 cm³/mol. The molecule has 2 rings (SSSR count). The van der Waals surface area contributed by atoms with Crippen LogP contribution in [0.4, 0.5) is 0 Å². The molecule has 0 unspecified atom stereocenters. The van der Waals surface area contributed by atoms with Gasteiger partial charge >= 0.3 is 0 Å². The highest BCUT2D eigenvalue weighted by Crippen LogP contribution is 2.29. The average Bonchev–Trinajstić information content (AvgIpc) is 2.53. The van der Waals surface area contributed by atoms with Gasteiger partial charge in [-0.25, -0.2) is 0 Å². The van der Waals surface area contributed by atoms with E-state index in [4.69, 9.17) is 16.3 Å². The topological polar surface area (TPSA) is 37.9 Å². The van der Waals surface area contributed by atoms with Crippen molar-refractivity contribution in [2.45, 2.75) is 18.8 Å². The number of rotatable bonds is 1. The van der Waals surface area contributed by atoms with Crippen LogP contribution in [-0.2, 0) is 4.74 Å². The van der Waals surface area contributed by atoms with E-state index in [2.05, 4.69) is 10.2 Å². The smallest absolute Gasteiger partial charge is 0.0840 e. The Morgan fingerprint density at radius 3 is 2.83 bits per heavy atom. The third kappa shape index (κ3) is 1.47. The van der Waals surface area contributed by atoms with Gasteiger partial charge in [0.05, 0.1) is 10.7 Å². The lowest BCUT2D eigenvalue weighted by molar-refractivity contribution is 0.0845. The minimum Gasteiger partial charge on any atom is -0.381 e. The second-order valence-corrected chi connectivity index (χ2v) is 3.41. The molecule has 4 heteroatoms. The Kier molecular flexibility index (Phi) is 2.33. The number of aromatic amines is 1. The number of hydrogen-bond acceptors (Lipinski definition) is 2. The van der Waals surface area contributed by atoms with Crippen LogP contribution in [-0.4, -0.2) is 23.4 Å². The van der Waals surface area contributed by atoms with E-state index >= 15 is 0 Å². The van der Waals surface area contributed by atoms with Crippen molar-refractivity contribution in [2.75, 3.05) is 13.2 Å². The number of aromatic nitrogens is 2. The molecule has 0 radical (unpaired) electrons. The van der Waals surface area contributed by atoms with Gasteiger partial charge in [-0.2, -0.15) is 5.10 Å². The standard InChI is InChI=1S/C8H11ClN2O/c9-7-5-10-11-8(7)6-1-3-12-4-2-6/h5-6H,1-4H2,(H,10,11). The minimum atomic E-state index is 0.484. The molecule has 12 heavy (non-hydrogen) atoms. The van der Waals surface area contributed by atoms with Crippen LogP contribution < -0.4 is 0 Å². The normalized spacial score (nSPS) is 19.8. The molecular formula is C8H11ClN2O. The van der Waals surface area contributed by atoms with E-state index in [1.54, 1.807) is 6.20 Å². The predicted octanol–water partition coefficient (Wildman–Crippen LogP) is 1.96. The van der Waals surface area contributed by atoms with Crippen molar-refractivity contribution in [2.24, 2.45) is 0 Å². The number of H-pyrrole nitrogens is 1. The first kappa shape index (κ1) is 8.08. The highest BCUT2D eigenvalue weighted by molar-refractivity contribution is 6.31. The van der Waals surface area contributed by atoms with Gasteiger partial charge in [0.15, 0.2) is 0 Å². The lowest BCUT2D eigenvalue weighted by Crippen LogP contribution is -2.14. The third-order valence-electron chi connectivity index (χ3n) is 2.23. The molecule has 0 bridgehead atoms. The van der Waals surface area contributed by atoms with Gasteiger partial charge in [0, 0.05) is 25.3 Å². The molecule has 1 saturated heterocycles. The Morgan fingerprint density at radius 2 is 2.25 bits per heavy atom. The molecule has 1 fully saturated rings. The quantitative estimate of drug-likeness (QED) is 0.728. The number of nitrogens with one attached hydrogen (secondary N) is 1. The summed E-state index contributed by atoms with van der Waals surface area (Å²) in [6.45, 7) is 1.65. The summed E-state index contributed by atoms with van der Waals surface area (Å²) in [5.41, 5.74) is 1.000. The van der Waals surface area contributed by atoms with Gasteiger partial charge < -0.3 is 4.74 Å². The van der Waals surface area contributed by atoms with Crippen molar-refractivity contribution in [3.8, 4) is 0 Å². The highest BCUT2D eigenvalue weighted by Gasteiger charge is 2.20. The van der Waals surface area contributed by atoms with Gasteiger partial charge in [0.1, 0.15) is 0 Å². The van der Waals surface area contributed by atoms with Gasteiger partial charge in [-0.1, -0.05) is 11.6 Å². The lowest BCUT2D eigenvalue weighted by Gasteiger charge is -2.20. The maximum absolute atomic E-state index is 5.94.